The van der Waals surface area contributed by atoms with E-state index in [1.165, 1.54) is 6.92 Å². The second-order valence-electron chi connectivity index (χ2n) is 7.56. The quantitative estimate of drug-likeness (QED) is 0.625. The summed E-state index contributed by atoms with van der Waals surface area (Å²) in [4.78, 5) is 25.6. The molecule has 162 valence electrons. The number of ether oxygens (including phenoxy) is 2. The number of rotatable bonds is 7. The van der Waals surface area contributed by atoms with Gasteiger partial charge in [-0.05, 0) is 48.9 Å². The van der Waals surface area contributed by atoms with E-state index in [-0.39, 0.29) is 25.7 Å². The number of fused-ring (bicyclic) bond motifs is 1. The second-order valence-corrected chi connectivity index (χ2v) is 7.56. The fourth-order valence-electron chi connectivity index (χ4n) is 3.97. The summed E-state index contributed by atoms with van der Waals surface area (Å²) in [5.74, 6) is -13.1. The van der Waals surface area contributed by atoms with Gasteiger partial charge in [-0.25, -0.2) is 0 Å². The van der Waals surface area contributed by atoms with Crippen molar-refractivity contribution < 1.29 is 44.7 Å². The zero-order valence-electron chi connectivity index (χ0n) is 32.3. The SMILES string of the molecule is [2H]O[C@H]1CC(=O)OC(CC[C@@H]2[C@@H]3C(=C([2H])[C@]([2H])(C)C([2H])([2H])C3OC(=O)[C@@H](C([2H])([2H])[2H])C([2H])([2H])C([2H])([2H])[2H])C([2H])=C([2H])[C@]2([2H])C)C1. The highest BCUT2D eigenvalue weighted by Gasteiger charge is 2.42. The number of allylic oxidation sites excluding steroid dienone is 3. The smallest absolute Gasteiger partial charge is 0.308 e. The minimum atomic E-state index is -3.69. The highest BCUT2D eigenvalue weighted by molar-refractivity contribution is 5.72. The van der Waals surface area contributed by atoms with Gasteiger partial charge < -0.3 is 14.6 Å². The van der Waals surface area contributed by atoms with E-state index >= 15 is 0 Å². The third kappa shape index (κ3) is 5.30. The lowest BCUT2D eigenvalue weighted by molar-refractivity contribution is -0.162. The molecular formula is C24H36O5. The number of cyclic esters (lactones) is 1. The number of esters is 2. The fourth-order valence-corrected chi connectivity index (χ4v) is 3.97. The van der Waals surface area contributed by atoms with E-state index in [1.807, 2.05) is 0 Å². The summed E-state index contributed by atoms with van der Waals surface area (Å²) < 4.78 is 141. The van der Waals surface area contributed by atoms with Crippen LogP contribution in [0.3, 0.4) is 0 Å². The zero-order valence-corrected chi connectivity index (χ0v) is 16.3. The molecule has 5 nitrogen and oxygen atoms in total. The van der Waals surface area contributed by atoms with Crippen LogP contribution in [0.2, 0.25) is 0 Å². The maximum Gasteiger partial charge on any atom is 0.308 e. The van der Waals surface area contributed by atoms with E-state index in [0.717, 1.165) is 6.92 Å². The standard InChI is InChI=1S/C24H36O5/c1-5-15(3)24(27)29-21-11-14(2)10-17-7-6-16(4)20(23(17)21)9-8-19-12-18(25)13-22(26)28-19/h6-7,10,14-16,18-21,23,25H,5,8-9,11-13H2,1-4H3/t14-,15-,16-,18+,19?,20-,21?,23-/m0/s1/i1D3,3D3,5D2,6D,7D,10D,11D2,14D,16D,25D. The van der Waals surface area contributed by atoms with Crippen molar-refractivity contribution in [2.45, 2.75) is 84.3 Å². The molecule has 3 aliphatic rings. The number of carbonyl (C=O) groups is 2. The van der Waals surface area contributed by atoms with E-state index in [9.17, 15) is 9.59 Å². The minimum Gasteiger partial charge on any atom is -0.462 e. The van der Waals surface area contributed by atoms with Crippen molar-refractivity contribution in [1.29, 1.82) is 1.43 Å². The van der Waals surface area contributed by atoms with E-state index in [4.69, 9.17) is 31.5 Å². The number of aliphatic hydroxyl groups is 1. The monoisotopic (exact) mass is 420 g/mol. The molecule has 1 N–H and O–H groups in total. The van der Waals surface area contributed by atoms with Crippen molar-refractivity contribution in [1.82, 2.24) is 0 Å². The number of carbonyl (C=O) groups excluding carboxylic acids is 2. The Morgan fingerprint density at radius 1 is 1.59 bits per heavy atom. The lowest BCUT2D eigenvalue weighted by Gasteiger charge is -2.43. The van der Waals surface area contributed by atoms with Crippen molar-refractivity contribution in [3.63, 3.8) is 0 Å². The summed E-state index contributed by atoms with van der Waals surface area (Å²) in [5, 5.41) is 4.54. The van der Waals surface area contributed by atoms with Crippen LogP contribution in [0.1, 0.15) is 86.5 Å². The van der Waals surface area contributed by atoms with Gasteiger partial charge in [0.05, 0.1) is 22.6 Å². The summed E-state index contributed by atoms with van der Waals surface area (Å²) in [5.41, 5.74) is -0.405. The molecule has 0 aromatic heterocycles. The normalized spacial score (nSPS) is 55.1. The Morgan fingerprint density at radius 3 is 3.21 bits per heavy atom. The molecule has 1 saturated heterocycles. The van der Waals surface area contributed by atoms with Gasteiger partial charge in [-0.15, -0.1) is 0 Å². The predicted octanol–water partition coefficient (Wildman–Crippen LogP) is 4.20. The van der Waals surface area contributed by atoms with Crippen LogP contribution in [-0.4, -0.2) is 36.8 Å². The molecule has 0 spiro atoms. The molecule has 3 rings (SSSR count). The average molecular weight is 421 g/mol. The average Bonchev–Trinajstić information content (AvgIpc) is 2.86. The Bertz CT molecular complexity index is 1250. The number of aliphatic hydroxyl groups excluding tert-OH is 1. The summed E-state index contributed by atoms with van der Waals surface area (Å²) in [6, 6.07) is -2.05. The lowest BCUT2D eigenvalue weighted by atomic mass is 9.65. The summed E-state index contributed by atoms with van der Waals surface area (Å²) >= 11 is 0. The highest BCUT2D eigenvalue weighted by Crippen LogP contribution is 2.45. The number of hydrogen-bond donors (Lipinski definition) is 1. The summed E-state index contributed by atoms with van der Waals surface area (Å²) in [6.07, 6.45) is -10.9. The fraction of sp³-hybridized carbons (Fsp3) is 0.750. The van der Waals surface area contributed by atoms with Crippen molar-refractivity contribution in [2.24, 2.45) is 29.5 Å². The molecule has 1 heterocycles. The largest absolute Gasteiger partial charge is 0.462 e. The highest BCUT2D eigenvalue weighted by atomic mass is 16.5. The molecule has 0 aromatic carbocycles. The van der Waals surface area contributed by atoms with E-state index in [2.05, 4.69) is 5.11 Å². The Morgan fingerprint density at radius 2 is 2.45 bits per heavy atom. The molecular weight excluding hydrogens is 368 g/mol. The van der Waals surface area contributed by atoms with Crippen LogP contribution in [0, 0.1) is 29.5 Å². The molecule has 29 heavy (non-hydrogen) atoms. The van der Waals surface area contributed by atoms with Crippen LogP contribution in [0.15, 0.2) is 23.7 Å². The molecule has 0 aromatic rings. The molecule has 1 aliphatic heterocycles. The minimum absolute atomic E-state index is 0.0379. The molecule has 0 radical (unpaired) electrons. The third-order valence-electron chi connectivity index (χ3n) is 5.37. The second kappa shape index (κ2) is 9.46. The van der Waals surface area contributed by atoms with Crippen LogP contribution in [0.5, 0.6) is 0 Å². The summed E-state index contributed by atoms with van der Waals surface area (Å²) in [6.45, 7) is -5.04. The molecule has 1 fully saturated rings. The van der Waals surface area contributed by atoms with E-state index in [1.54, 1.807) is 0 Å². The van der Waals surface area contributed by atoms with Crippen molar-refractivity contribution in [3.05, 3.63) is 23.7 Å². The van der Waals surface area contributed by atoms with Crippen molar-refractivity contribution in [3.8, 4) is 0 Å². The lowest BCUT2D eigenvalue weighted by Crippen LogP contribution is -2.42. The van der Waals surface area contributed by atoms with Gasteiger partial charge in [-0.1, -0.05) is 45.7 Å². The first kappa shape index (κ1) is 9.25. The molecule has 0 saturated carbocycles. The zero-order chi connectivity index (χ0) is 34.9. The molecule has 8 atom stereocenters. The van der Waals surface area contributed by atoms with Gasteiger partial charge in [0.2, 0.25) is 1.43 Å². The van der Waals surface area contributed by atoms with Gasteiger partial charge in [0, 0.05) is 28.8 Å². The van der Waals surface area contributed by atoms with Crippen LogP contribution < -0.4 is 0 Å². The topological polar surface area (TPSA) is 72.8 Å². The Hall–Kier alpha value is -1.62. The number of hydrogen-bond acceptors (Lipinski definition) is 5. The maximum absolute atomic E-state index is 13.5. The van der Waals surface area contributed by atoms with Crippen LogP contribution in [-0.2, 0) is 19.1 Å². The molecule has 0 amide bonds. The first-order valence-corrected chi connectivity index (χ1v) is 9.57. The van der Waals surface area contributed by atoms with Crippen LogP contribution >= 0.6 is 0 Å². The Balaban J connectivity index is 2.19. The van der Waals surface area contributed by atoms with Crippen LogP contribution in [0.25, 0.3) is 0 Å². The molecule has 2 aliphatic carbocycles. The van der Waals surface area contributed by atoms with Gasteiger partial charge >= 0.3 is 11.9 Å². The molecule has 5 heteroatoms. The van der Waals surface area contributed by atoms with Gasteiger partial charge in [0.25, 0.3) is 0 Å². The van der Waals surface area contributed by atoms with Gasteiger partial charge in [-0.3, -0.25) is 9.59 Å². The Labute approximate surface area is 197 Å². The molecule has 2 unspecified atom stereocenters. The van der Waals surface area contributed by atoms with Crippen molar-refractivity contribution >= 4 is 11.9 Å². The van der Waals surface area contributed by atoms with Gasteiger partial charge in [-0.2, -0.15) is 0 Å². The van der Waals surface area contributed by atoms with Crippen LogP contribution in [0.4, 0.5) is 0 Å². The van der Waals surface area contributed by atoms with Gasteiger partial charge in [0.1, 0.15) is 12.2 Å². The maximum atomic E-state index is 13.5. The third-order valence-corrected chi connectivity index (χ3v) is 5.37. The molecule has 0 bridgehead atoms. The summed E-state index contributed by atoms with van der Waals surface area (Å²) in [7, 11) is 0. The first-order chi connectivity index (χ1) is 20.1. The predicted molar refractivity (Wildman–Crippen MR) is 111 cm³/mol. The van der Waals surface area contributed by atoms with E-state index in [0.29, 0.717) is 0 Å². The van der Waals surface area contributed by atoms with Gasteiger partial charge in [0.15, 0.2) is 0 Å². The first-order valence-electron chi connectivity index (χ1n) is 17.5. The Kier molecular flexibility index (Phi) is 3.02. The van der Waals surface area contributed by atoms with E-state index < -0.39 is 110 Å². The van der Waals surface area contributed by atoms with Crippen molar-refractivity contribution in [2.75, 3.05) is 0 Å².